The molecule has 0 aliphatic heterocycles. The number of carbonyl (C=O) groups excluding carboxylic acids is 1. The molecule has 0 aliphatic rings. The van der Waals surface area contributed by atoms with E-state index in [2.05, 4.69) is 9.97 Å². The van der Waals surface area contributed by atoms with Gasteiger partial charge in [0.25, 0.3) is 5.91 Å². The van der Waals surface area contributed by atoms with E-state index < -0.39 is 11.7 Å². The second-order valence-corrected chi connectivity index (χ2v) is 4.20. The van der Waals surface area contributed by atoms with Gasteiger partial charge in [0, 0.05) is 13.1 Å². The van der Waals surface area contributed by atoms with E-state index in [1.165, 1.54) is 20.2 Å². The average Bonchev–Trinajstić information content (AvgIpc) is 2.38. The highest BCUT2D eigenvalue weighted by Crippen LogP contribution is 2.20. The molecule has 5 nitrogen and oxygen atoms in total. The minimum Gasteiger partial charge on any atom is -0.274 e. The second kappa shape index (κ2) is 4.89. The number of hydrogen-bond donors (Lipinski definition) is 0. The molecular weight excluding hydrogens is 249 g/mol. The van der Waals surface area contributed by atoms with E-state index >= 15 is 0 Å². The van der Waals surface area contributed by atoms with Crippen LogP contribution in [0.25, 0.3) is 11.0 Å². The van der Waals surface area contributed by atoms with Crippen molar-refractivity contribution >= 4 is 16.9 Å². The van der Waals surface area contributed by atoms with Crippen LogP contribution >= 0.6 is 0 Å². The van der Waals surface area contributed by atoms with Crippen molar-refractivity contribution in [3.63, 3.8) is 0 Å². The Labute approximate surface area is 110 Å². The van der Waals surface area contributed by atoms with E-state index in [1.54, 1.807) is 13.8 Å². The lowest BCUT2D eigenvalue weighted by atomic mass is 10.1. The number of carbonyl (C=O) groups is 1. The van der Waals surface area contributed by atoms with Gasteiger partial charge in [-0.1, -0.05) is 0 Å². The Morgan fingerprint density at radius 1 is 1.26 bits per heavy atom. The van der Waals surface area contributed by atoms with Crippen molar-refractivity contribution < 1.29 is 14.0 Å². The van der Waals surface area contributed by atoms with Gasteiger partial charge in [0.2, 0.25) is 0 Å². The lowest BCUT2D eigenvalue weighted by Crippen LogP contribution is -2.26. The van der Waals surface area contributed by atoms with Crippen molar-refractivity contribution in [3.05, 3.63) is 34.9 Å². The fourth-order valence-electron chi connectivity index (χ4n) is 1.71. The van der Waals surface area contributed by atoms with Crippen LogP contribution in [0.1, 0.15) is 21.7 Å². The summed E-state index contributed by atoms with van der Waals surface area (Å²) >= 11 is 0. The summed E-state index contributed by atoms with van der Waals surface area (Å²) in [6.07, 6.45) is 0. The first-order valence-corrected chi connectivity index (χ1v) is 5.70. The van der Waals surface area contributed by atoms with Gasteiger partial charge in [0.05, 0.1) is 29.6 Å². The fraction of sp³-hybridized carbons (Fsp3) is 0.308. The highest BCUT2D eigenvalue weighted by atomic mass is 19.1. The van der Waals surface area contributed by atoms with Gasteiger partial charge in [-0.15, -0.1) is 0 Å². The molecule has 6 heteroatoms. The zero-order valence-electron chi connectivity index (χ0n) is 11.2. The maximum absolute atomic E-state index is 13.6. The first kappa shape index (κ1) is 13.4. The van der Waals surface area contributed by atoms with E-state index in [4.69, 9.17) is 4.84 Å². The molecule has 0 atom stereocenters. The number of nitrogens with zero attached hydrogens (tertiary/aromatic N) is 3. The Morgan fingerprint density at radius 3 is 2.53 bits per heavy atom. The number of aryl methyl sites for hydroxylation is 2. The topological polar surface area (TPSA) is 55.3 Å². The number of halogens is 1. The molecule has 19 heavy (non-hydrogen) atoms. The summed E-state index contributed by atoms with van der Waals surface area (Å²) in [7, 11) is 2.81. The first-order valence-electron chi connectivity index (χ1n) is 5.70. The summed E-state index contributed by atoms with van der Waals surface area (Å²) in [6, 6.07) is 2.40. The third-order valence-electron chi connectivity index (χ3n) is 2.94. The highest BCUT2D eigenvalue weighted by molar-refractivity contribution is 6.04. The van der Waals surface area contributed by atoms with Gasteiger partial charge in [0.15, 0.2) is 0 Å². The second-order valence-electron chi connectivity index (χ2n) is 4.20. The summed E-state index contributed by atoms with van der Waals surface area (Å²) in [4.78, 5) is 25.5. The Morgan fingerprint density at radius 2 is 1.89 bits per heavy atom. The maximum Gasteiger partial charge on any atom is 0.279 e. The summed E-state index contributed by atoms with van der Waals surface area (Å²) in [5.74, 6) is -0.998. The molecule has 0 unspecified atom stereocenters. The zero-order chi connectivity index (χ0) is 14.2. The lowest BCUT2D eigenvalue weighted by molar-refractivity contribution is -0.0756. The van der Waals surface area contributed by atoms with Crippen LogP contribution in [0.2, 0.25) is 0 Å². The number of fused-ring (bicyclic) bond motifs is 1. The van der Waals surface area contributed by atoms with Crippen LogP contribution in [0, 0.1) is 19.7 Å². The molecule has 0 spiro atoms. The predicted molar refractivity (Wildman–Crippen MR) is 68.1 cm³/mol. The Balaban J connectivity index is 2.72. The standard InChI is InChI=1S/C13H14FN3O2/c1-7-8(2)16-12-10(13(18)17(3)19-4)5-9(14)6-11(12)15-7/h5-6H,1-4H3. The van der Waals surface area contributed by atoms with Gasteiger partial charge >= 0.3 is 0 Å². The number of benzene rings is 1. The van der Waals surface area contributed by atoms with E-state index in [0.29, 0.717) is 22.4 Å². The normalized spacial score (nSPS) is 10.8. The van der Waals surface area contributed by atoms with Crippen LogP contribution in [0.3, 0.4) is 0 Å². The molecule has 1 amide bonds. The molecule has 0 bridgehead atoms. The van der Waals surface area contributed by atoms with Crippen molar-refractivity contribution in [1.29, 1.82) is 0 Å². The lowest BCUT2D eigenvalue weighted by Gasteiger charge is -2.15. The third-order valence-corrected chi connectivity index (χ3v) is 2.94. The molecule has 2 aromatic rings. The van der Waals surface area contributed by atoms with Crippen LogP contribution in [-0.4, -0.2) is 35.1 Å². The van der Waals surface area contributed by atoms with Crippen molar-refractivity contribution in [1.82, 2.24) is 15.0 Å². The minimum absolute atomic E-state index is 0.134. The Hall–Kier alpha value is -2.08. The molecule has 0 saturated heterocycles. The number of hydrogen-bond acceptors (Lipinski definition) is 4. The quantitative estimate of drug-likeness (QED) is 0.778. The number of hydroxylamine groups is 2. The van der Waals surface area contributed by atoms with Gasteiger partial charge < -0.3 is 0 Å². The van der Waals surface area contributed by atoms with E-state index in [0.717, 1.165) is 11.1 Å². The maximum atomic E-state index is 13.6. The molecular formula is C13H14FN3O2. The third kappa shape index (κ3) is 2.39. The van der Waals surface area contributed by atoms with E-state index in [1.807, 2.05) is 0 Å². The average molecular weight is 263 g/mol. The zero-order valence-corrected chi connectivity index (χ0v) is 11.2. The molecule has 100 valence electrons. The van der Waals surface area contributed by atoms with Gasteiger partial charge in [-0.25, -0.2) is 19.4 Å². The van der Waals surface area contributed by atoms with Crippen molar-refractivity contribution in [2.24, 2.45) is 0 Å². The molecule has 0 saturated carbocycles. The van der Waals surface area contributed by atoms with Gasteiger partial charge in [-0.3, -0.25) is 9.63 Å². The summed E-state index contributed by atoms with van der Waals surface area (Å²) < 4.78 is 13.6. The highest BCUT2D eigenvalue weighted by Gasteiger charge is 2.18. The molecule has 1 aromatic carbocycles. The van der Waals surface area contributed by atoms with Crippen LogP contribution in [0.5, 0.6) is 0 Å². The first-order chi connectivity index (χ1) is 8.93. The molecule has 0 N–H and O–H groups in total. The van der Waals surface area contributed by atoms with Gasteiger partial charge in [0.1, 0.15) is 11.3 Å². The van der Waals surface area contributed by atoms with Crippen LogP contribution < -0.4 is 0 Å². The monoisotopic (exact) mass is 263 g/mol. The SMILES string of the molecule is CON(C)C(=O)c1cc(F)cc2nc(C)c(C)nc12. The molecule has 2 rings (SSSR count). The molecule has 0 radical (unpaired) electrons. The smallest absolute Gasteiger partial charge is 0.274 e. The molecule has 1 aromatic heterocycles. The fourth-order valence-corrected chi connectivity index (χ4v) is 1.71. The Bertz CT molecular complexity index is 658. The number of rotatable bonds is 2. The summed E-state index contributed by atoms with van der Waals surface area (Å²) in [5.41, 5.74) is 2.27. The van der Waals surface area contributed by atoms with E-state index in [-0.39, 0.29) is 5.56 Å². The van der Waals surface area contributed by atoms with Crippen LogP contribution in [-0.2, 0) is 4.84 Å². The summed E-state index contributed by atoms with van der Waals surface area (Å²) in [6.45, 7) is 3.58. The summed E-state index contributed by atoms with van der Waals surface area (Å²) in [5, 5.41) is 1.02. The van der Waals surface area contributed by atoms with Gasteiger partial charge in [-0.05, 0) is 19.9 Å². The van der Waals surface area contributed by atoms with Gasteiger partial charge in [-0.2, -0.15) is 0 Å². The molecule has 1 heterocycles. The number of aromatic nitrogens is 2. The predicted octanol–water partition coefficient (Wildman–Crippen LogP) is 2.02. The minimum atomic E-state index is -0.530. The Kier molecular flexibility index (Phi) is 3.44. The molecule has 0 aliphatic carbocycles. The van der Waals surface area contributed by atoms with Crippen molar-refractivity contribution in [2.75, 3.05) is 14.2 Å². The largest absolute Gasteiger partial charge is 0.279 e. The molecule has 0 fully saturated rings. The van der Waals surface area contributed by atoms with E-state index in [9.17, 15) is 9.18 Å². The van der Waals surface area contributed by atoms with Crippen molar-refractivity contribution in [2.45, 2.75) is 13.8 Å². The van der Waals surface area contributed by atoms with Crippen LogP contribution in [0.4, 0.5) is 4.39 Å². The van der Waals surface area contributed by atoms with Crippen molar-refractivity contribution in [3.8, 4) is 0 Å². The van der Waals surface area contributed by atoms with Crippen LogP contribution in [0.15, 0.2) is 12.1 Å². The number of amides is 1.